The molecular formula is C21H14Cl2N2O2S. The van der Waals surface area contributed by atoms with Crippen LogP contribution in [0.1, 0.15) is 11.3 Å². The summed E-state index contributed by atoms with van der Waals surface area (Å²) in [6.07, 6.45) is 1.68. The number of carbonyl (C=O) groups is 1. The molecule has 1 N–H and O–H groups in total. The van der Waals surface area contributed by atoms with Gasteiger partial charge in [0.2, 0.25) is 0 Å². The highest BCUT2D eigenvalue weighted by atomic mass is 35.5. The van der Waals surface area contributed by atoms with Gasteiger partial charge in [0.15, 0.2) is 5.17 Å². The minimum absolute atomic E-state index is 0.213. The SMILES string of the molecule is Cc1ccc(N=C2NC(=O)/C(=C/c3ccc(-c4cc(Cl)ccc4Cl)o3)S2)cc1. The second kappa shape index (κ2) is 7.87. The average Bonchev–Trinajstić information content (AvgIpc) is 3.26. The van der Waals surface area contributed by atoms with E-state index in [0.717, 1.165) is 11.3 Å². The highest BCUT2D eigenvalue weighted by Crippen LogP contribution is 2.33. The van der Waals surface area contributed by atoms with E-state index in [9.17, 15) is 4.79 Å². The van der Waals surface area contributed by atoms with Crippen molar-refractivity contribution in [2.45, 2.75) is 6.92 Å². The van der Waals surface area contributed by atoms with Gasteiger partial charge in [-0.15, -0.1) is 0 Å². The lowest BCUT2D eigenvalue weighted by Gasteiger charge is -2.01. The molecule has 1 aliphatic heterocycles. The van der Waals surface area contributed by atoms with Crippen LogP contribution in [0.2, 0.25) is 10.0 Å². The molecule has 0 spiro atoms. The fourth-order valence-electron chi connectivity index (χ4n) is 2.61. The molecule has 140 valence electrons. The van der Waals surface area contributed by atoms with Crippen LogP contribution in [0.15, 0.2) is 68.9 Å². The van der Waals surface area contributed by atoms with E-state index in [0.29, 0.717) is 37.2 Å². The summed E-state index contributed by atoms with van der Waals surface area (Å²) in [5.41, 5.74) is 2.63. The maximum absolute atomic E-state index is 12.2. The molecule has 3 aromatic rings. The second-order valence-electron chi connectivity index (χ2n) is 6.14. The van der Waals surface area contributed by atoms with Crippen molar-refractivity contribution in [2.75, 3.05) is 0 Å². The summed E-state index contributed by atoms with van der Waals surface area (Å²) in [4.78, 5) is 17.2. The third kappa shape index (κ3) is 4.17. The fourth-order valence-corrected chi connectivity index (χ4v) is 3.81. The van der Waals surface area contributed by atoms with E-state index in [-0.39, 0.29) is 5.91 Å². The van der Waals surface area contributed by atoms with Gasteiger partial charge in [0.25, 0.3) is 5.91 Å². The largest absolute Gasteiger partial charge is 0.457 e. The Balaban J connectivity index is 1.56. The number of furan rings is 1. The van der Waals surface area contributed by atoms with Gasteiger partial charge in [-0.3, -0.25) is 4.79 Å². The third-order valence-electron chi connectivity index (χ3n) is 4.01. The molecule has 0 radical (unpaired) electrons. The molecule has 0 atom stereocenters. The molecular weight excluding hydrogens is 415 g/mol. The normalized spacial score (nSPS) is 16.8. The van der Waals surface area contributed by atoms with Gasteiger partial charge >= 0.3 is 0 Å². The minimum atomic E-state index is -0.213. The lowest BCUT2D eigenvalue weighted by molar-refractivity contribution is -0.115. The van der Waals surface area contributed by atoms with E-state index in [2.05, 4.69) is 10.3 Å². The molecule has 0 aliphatic carbocycles. The van der Waals surface area contributed by atoms with Gasteiger partial charge in [0, 0.05) is 16.7 Å². The Bertz CT molecular complexity index is 1120. The van der Waals surface area contributed by atoms with Crippen LogP contribution < -0.4 is 5.32 Å². The van der Waals surface area contributed by atoms with E-state index in [1.807, 2.05) is 31.2 Å². The van der Waals surface area contributed by atoms with Crippen molar-refractivity contribution >= 4 is 57.8 Å². The molecule has 0 saturated carbocycles. The first-order valence-electron chi connectivity index (χ1n) is 8.39. The minimum Gasteiger partial charge on any atom is -0.457 e. The number of aryl methyl sites for hydroxylation is 1. The van der Waals surface area contributed by atoms with Crippen LogP contribution in [-0.2, 0) is 4.79 Å². The lowest BCUT2D eigenvalue weighted by atomic mass is 10.2. The number of carbonyl (C=O) groups excluding carboxylic acids is 1. The van der Waals surface area contributed by atoms with E-state index >= 15 is 0 Å². The number of amides is 1. The number of benzene rings is 2. The van der Waals surface area contributed by atoms with Crippen LogP contribution >= 0.6 is 35.0 Å². The summed E-state index contributed by atoms with van der Waals surface area (Å²) in [5, 5.41) is 4.41. The van der Waals surface area contributed by atoms with Crippen molar-refractivity contribution in [1.82, 2.24) is 5.32 Å². The molecule has 4 nitrogen and oxygen atoms in total. The molecule has 4 rings (SSSR count). The number of nitrogens with zero attached hydrogens (tertiary/aromatic N) is 1. The van der Waals surface area contributed by atoms with Gasteiger partial charge in [-0.1, -0.05) is 40.9 Å². The molecule has 1 aromatic heterocycles. The fraction of sp³-hybridized carbons (Fsp3) is 0.0476. The zero-order valence-electron chi connectivity index (χ0n) is 14.7. The smallest absolute Gasteiger partial charge is 0.264 e. The number of halogens is 2. The first-order valence-corrected chi connectivity index (χ1v) is 9.97. The van der Waals surface area contributed by atoms with Crippen LogP contribution in [0.3, 0.4) is 0 Å². The third-order valence-corrected chi connectivity index (χ3v) is 5.48. The number of amidine groups is 1. The zero-order chi connectivity index (χ0) is 19.7. The number of aliphatic imine (C=N–C) groups is 1. The highest BCUT2D eigenvalue weighted by Gasteiger charge is 2.24. The Morgan fingerprint density at radius 1 is 1.07 bits per heavy atom. The molecule has 1 fully saturated rings. The predicted octanol–water partition coefficient (Wildman–Crippen LogP) is 6.45. The van der Waals surface area contributed by atoms with Crippen LogP contribution in [-0.4, -0.2) is 11.1 Å². The Kier molecular flexibility index (Phi) is 5.31. The summed E-state index contributed by atoms with van der Waals surface area (Å²) in [6.45, 7) is 2.01. The van der Waals surface area contributed by atoms with Crippen molar-refractivity contribution in [3.05, 3.63) is 80.9 Å². The van der Waals surface area contributed by atoms with Gasteiger partial charge in [-0.2, -0.15) is 0 Å². The van der Waals surface area contributed by atoms with Gasteiger partial charge in [-0.25, -0.2) is 4.99 Å². The van der Waals surface area contributed by atoms with Crippen molar-refractivity contribution in [1.29, 1.82) is 0 Å². The maximum atomic E-state index is 12.2. The summed E-state index contributed by atoms with van der Waals surface area (Å²) >= 11 is 13.5. The second-order valence-corrected chi connectivity index (χ2v) is 8.02. The van der Waals surface area contributed by atoms with Crippen molar-refractivity contribution in [3.63, 3.8) is 0 Å². The molecule has 1 aliphatic rings. The number of thioether (sulfide) groups is 1. The van der Waals surface area contributed by atoms with Crippen LogP contribution in [0.5, 0.6) is 0 Å². The van der Waals surface area contributed by atoms with Crippen molar-refractivity contribution in [3.8, 4) is 11.3 Å². The van der Waals surface area contributed by atoms with Crippen LogP contribution in [0.25, 0.3) is 17.4 Å². The Morgan fingerprint density at radius 2 is 1.86 bits per heavy atom. The predicted molar refractivity (Wildman–Crippen MR) is 116 cm³/mol. The summed E-state index contributed by atoms with van der Waals surface area (Å²) in [6, 6.07) is 16.5. The molecule has 2 heterocycles. The average molecular weight is 429 g/mol. The topological polar surface area (TPSA) is 54.6 Å². The molecule has 28 heavy (non-hydrogen) atoms. The van der Waals surface area contributed by atoms with Gasteiger partial charge in [0.05, 0.1) is 15.6 Å². The van der Waals surface area contributed by atoms with Crippen molar-refractivity contribution in [2.24, 2.45) is 4.99 Å². The summed E-state index contributed by atoms with van der Waals surface area (Å²) < 4.78 is 5.83. The van der Waals surface area contributed by atoms with Crippen LogP contribution in [0.4, 0.5) is 5.69 Å². The Labute approximate surface area is 176 Å². The zero-order valence-corrected chi connectivity index (χ0v) is 17.0. The molecule has 0 bridgehead atoms. The summed E-state index contributed by atoms with van der Waals surface area (Å²) in [5.74, 6) is 0.908. The van der Waals surface area contributed by atoms with Crippen LogP contribution in [0, 0.1) is 6.92 Å². The van der Waals surface area contributed by atoms with Crippen molar-refractivity contribution < 1.29 is 9.21 Å². The van der Waals surface area contributed by atoms with E-state index in [1.165, 1.54) is 11.8 Å². The first kappa shape index (κ1) is 18.9. The number of hydrogen-bond acceptors (Lipinski definition) is 4. The van der Waals surface area contributed by atoms with E-state index in [1.54, 1.807) is 36.4 Å². The number of hydrogen-bond donors (Lipinski definition) is 1. The van der Waals surface area contributed by atoms with E-state index in [4.69, 9.17) is 27.6 Å². The Hall–Kier alpha value is -2.47. The number of rotatable bonds is 3. The van der Waals surface area contributed by atoms with Gasteiger partial charge in [-0.05, 0) is 61.2 Å². The first-order chi connectivity index (χ1) is 13.5. The lowest BCUT2D eigenvalue weighted by Crippen LogP contribution is -2.19. The standard InChI is InChI=1S/C21H14Cl2N2O2S/c1-12-2-5-14(6-3-12)24-21-25-20(26)19(28-21)11-15-7-9-18(27-15)16-10-13(22)4-8-17(16)23/h2-11H,1H3,(H,24,25,26)/b19-11-. The number of nitrogens with one attached hydrogen (secondary N) is 1. The van der Waals surface area contributed by atoms with E-state index < -0.39 is 0 Å². The molecule has 7 heteroatoms. The van der Waals surface area contributed by atoms with Gasteiger partial charge < -0.3 is 9.73 Å². The molecule has 2 aromatic carbocycles. The molecule has 1 amide bonds. The highest BCUT2D eigenvalue weighted by molar-refractivity contribution is 8.18. The Morgan fingerprint density at radius 3 is 2.64 bits per heavy atom. The summed E-state index contributed by atoms with van der Waals surface area (Å²) in [7, 11) is 0. The quantitative estimate of drug-likeness (QED) is 0.487. The maximum Gasteiger partial charge on any atom is 0.264 e. The monoisotopic (exact) mass is 428 g/mol. The molecule has 0 unspecified atom stereocenters. The van der Waals surface area contributed by atoms with Gasteiger partial charge in [0.1, 0.15) is 11.5 Å². The molecule has 1 saturated heterocycles.